The van der Waals surface area contributed by atoms with Gasteiger partial charge in [-0.25, -0.2) is 4.98 Å². The van der Waals surface area contributed by atoms with Crippen molar-refractivity contribution < 1.29 is 4.79 Å². The van der Waals surface area contributed by atoms with Gasteiger partial charge < -0.3 is 9.72 Å². The van der Waals surface area contributed by atoms with E-state index in [0.29, 0.717) is 5.56 Å². The standard InChI is InChI=1S/C19H21N3O/c1-12(2)20-19(23)16-7-8-18-21-17(11-22(18)10-16)15-6-5-13(3)14(4)9-15/h5-12H,1-4H3,(H,20,23). The third kappa shape index (κ3) is 3.11. The van der Waals surface area contributed by atoms with Crippen LogP contribution >= 0.6 is 0 Å². The van der Waals surface area contributed by atoms with Gasteiger partial charge in [-0.3, -0.25) is 4.79 Å². The highest BCUT2D eigenvalue weighted by Crippen LogP contribution is 2.22. The third-order valence-electron chi connectivity index (χ3n) is 3.94. The van der Waals surface area contributed by atoms with Crippen LogP contribution in [0.5, 0.6) is 0 Å². The van der Waals surface area contributed by atoms with Gasteiger partial charge in [-0.2, -0.15) is 0 Å². The predicted molar refractivity (Wildman–Crippen MR) is 92.7 cm³/mol. The summed E-state index contributed by atoms with van der Waals surface area (Å²) < 4.78 is 1.90. The lowest BCUT2D eigenvalue weighted by atomic mass is 10.1. The average Bonchev–Trinajstić information content (AvgIpc) is 2.92. The number of imidazole rings is 1. The topological polar surface area (TPSA) is 46.4 Å². The summed E-state index contributed by atoms with van der Waals surface area (Å²) in [6.07, 6.45) is 3.79. The lowest BCUT2D eigenvalue weighted by Gasteiger charge is -2.08. The molecule has 1 N–H and O–H groups in total. The van der Waals surface area contributed by atoms with Crippen molar-refractivity contribution in [3.63, 3.8) is 0 Å². The van der Waals surface area contributed by atoms with Gasteiger partial charge in [0.25, 0.3) is 5.91 Å². The number of amides is 1. The van der Waals surface area contributed by atoms with Crippen molar-refractivity contribution in [2.45, 2.75) is 33.7 Å². The van der Waals surface area contributed by atoms with E-state index in [9.17, 15) is 4.79 Å². The van der Waals surface area contributed by atoms with Crippen LogP contribution in [-0.4, -0.2) is 21.3 Å². The number of nitrogens with one attached hydrogen (secondary N) is 1. The minimum atomic E-state index is -0.0664. The van der Waals surface area contributed by atoms with Crippen molar-refractivity contribution in [1.82, 2.24) is 14.7 Å². The van der Waals surface area contributed by atoms with E-state index < -0.39 is 0 Å². The number of benzene rings is 1. The lowest BCUT2D eigenvalue weighted by Crippen LogP contribution is -2.30. The molecule has 0 radical (unpaired) electrons. The van der Waals surface area contributed by atoms with Crippen LogP contribution in [0.2, 0.25) is 0 Å². The van der Waals surface area contributed by atoms with Gasteiger partial charge in [0.2, 0.25) is 0 Å². The molecule has 23 heavy (non-hydrogen) atoms. The maximum atomic E-state index is 12.1. The number of carbonyl (C=O) groups is 1. The number of nitrogens with zero attached hydrogens (tertiary/aromatic N) is 2. The first-order valence-electron chi connectivity index (χ1n) is 7.81. The minimum absolute atomic E-state index is 0.0664. The molecule has 4 nitrogen and oxygen atoms in total. The van der Waals surface area contributed by atoms with Crippen LogP contribution in [0, 0.1) is 13.8 Å². The lowest BCUT2D eigenvalue weighted by molar-refractivity contribution is 0.0942. The summed E-state index contributed by atoms with van der Waals surface area (Å²) in [7, 11) is 0. The predicted octanol–water partition coefficient (Wildman–Crippen LogP) is 3.76. The maximum Gasteiger partial charge on any atom is 0.252 e. The average molecular weight is 307 g/mol. The number of hydrogen-bond donors (Lipinski definition) is 1. The minimum Gasteiger partial charge on any atom is -0.350 e. The molecule has 118 valence electrons. The molecule has 0 saturated heterocycles. The van der Waals surface area contributed by atoms with Gasteiger partial charge in [0.15, 0.2) is 0 Å². The first kappa shape index (κ1) is 15.3. The molecular formula is C19H21N3O. The highest BCUT2D eigenvalue weighted by atomic mass is 16.1. The fraction of sp³-hybridized carbons (Fsp3) is 0.263. The molecule has 2 heterocycles. The van der Waals surface area contributed by atoms with E-state index in [-0.39, 0.29) is 11.9 Å². The second-order valence-corrected chi connectivity index (χ2v) is 6.24. The fourth-order valence-electron chi connectivity index (χ4n) is 2.51. The summed E-state index contributed by atoms with van der Waals surface area (Å²) in [6, 6.07) is 10.1. The normalized spacial score (nSPS) is 11.2. The number of hydrogen-bond acceptors (Lipinski definition) is 2. The Morgan fingerprint density at radius 1 is 1.09 bits per heavy atom. The maximum absolute atomic E-state index is 12.1. The number of carbonyl (C=O) groups excluding carboxylic acids is 1. The molecule has 3 rings (SSSR count). The molecule has 1 amide bonds. The second-order valence-electron chi connectivity index (χ2n) is 6.24. The molecule has 0 atom stereocenters. The monoisotopic (exact) mass is 307 g/mol. The van der Waals surface area contributed by atoms with Gasteiger partial charge >= 0.3 is 0 Å². The Bertz CT molecular complexity index is 877. The SMILES string of the molecule is Cc1ccc(-c2cn3cc(C(=O)NC(C)C)ccc3n2)cc1C. The molecule has 0 unspecified atom stereocenters. The largest absolute Gasteiger partial charge is 0.350 e. The van der Waals surface area contributed by atoms with Crippen LogP contribution in [0.15, 0.2) is 42.7 Å². The zero-order chi connectivity index (χ0) is 16.6. The Morgan fingerprint density at radius 2 is 1.87 bits per heavy atom. The Hall–Kier alpha value is -2.62. The van der Waals surface area contributed by atoms with Crippen molar-refractivity contribution >= 4 is 11.6 Å². The van der Waals surface area contributed by atoms with Gasteiger partial charge in [0.1, 0.15) is 5.65 Å². The molecule has 0 bridgehead atoms. The second kappa shape index (κ2) is 5.88. The van der Waals surface area contributed by atoms with E-state index in [0.717, 1.165) is 16.9 Å². The molecule has 1 aromatic carbocycles. The quantitative estimate of drug-likeness (QED) is 0.801. The smallest absolute Gasteiger partial charge is 0.252 e. The van der Waals surface area contributed by atoms with Crippen LogP contribution in [0.1, 0.15) is 35.3 Å². The van der Waals surface area contributed by atoms with Crippen molar-refractivity contribution in [2.24, 2.45) is 0 Å². The first-order chi connectivity index (χ1) is 10.9. The number of fused-ring (bicyclic) bond motifs is 1. The summed E-state index contributed by atoms with van der Waals surface area (Å²) in [5, 5.41) is 2.90. The molecule has 4 heteroatoms. The molecule has 0 aliphatic carbocycles. The van der Waals surface area contributed by atoms with Crippen molar-refractivity contribution in [1.29, 1.82) is 0 Å². The van der Waals surface area contributed by atoms with E-state index in [1.165, 1.54) is 11.1 Å². The molecule has 0 fully saturated rings. The number of aromatic nitrogens is 2. The van der Waals surface area contributed by atoms with Crippen molar-refractivity contribution in [2.75, 3.05) is 0 Å². The fourth-order valence-corrected chi connectivity index (χ4v) is 2.51. The third-order valence-corrected chi connectivity index (χ3v) is 3.94. The van der Waals surface area contributed by atoms with E-state index in [1.54, 1.807) is 0 Å². The molecular weight excluding hydrogens is 286 g/mol. The van der Waals surface area contributed by atoms with Gasteiger partial charge in [-0.05, 0) is 57.0 Å². The summed E-state index contributed by atoms with van der Waals surface area (Å²) >= 11 is 0. The Kier molecular flexibility index (Phi) is 3.90. The van der Waals surface area contributed by atoms with Gasteiger partial charge in [0.05, 0.1) is 11.3 Å². The Balaban J connectivity index is 1.98. The Morgan fingerprint density at radius 3 is 2.57 bits per heavy atom. The molecule has 3 aromatic rings. The van der Waals surface area contributed by atoms with E-state index in [2.05, 4.69) is 42.3 Å². The summed E-state index contributed by atoms with van der Waals surface area (Å²) in [5.41, 5.74) is 5.98. The van der Waals surface area contributed by atoms with Crippen LogP contribution in [0.4, 0.5) is 0 Å². The van der Waals surface area contributed by atoms with Crippen LogP contribution < -0.4 is 5.32 Å². The van der Waals surface area contributed by atoms with Gasteiger partial charge in [-0.15, -0.1) is 0 Å². The molecule has 0 spiro atoms. The van der Waals surface area contributed by atoms with E-state index in [1.807, 2.05) is 42.8 Å². The van der Waals surface area contributed by atoms with E-state index >= 15 is 0 Å². The zero-order valence-corrected chi connectivity index (χ0v) is 13.9. The van der Waals surface area contributed by atoms with Crippen LogP contribution in [0.25, 0.3) is 16.9 Å². The first-order valence-corrected chi connectivity index (χ1v) is 7.81. The molecule has 0 aliphatic heterocycles. The molecule has 2 aromatic heterocycles. The number of aryl methyl sites for hydroxylation is 2. The molecule has 0 saturated carbocycles. The Labute approximate surface area is 136 Å². The summed E-state index contributed by atoms with van der Waals surface area (Å²) in [4.78, 5) is 16.8. The number of pyridine rings is 1. The van der Waals surface area contributed by atoms with Gasteiger partial charge in [0, 0.05) is 24.0 Å². The molecule has 0 aliphatic rings. The van der Waals surface area contributed by atoms with Gasteiger partial charge in [-0.1, -0.05) is 12.1 Å². The van der Waals surface area contributed by atoms with Crippen molar-refractivity contribution in [3.8, 4) is 11.3 Å². The highest BCUT2D eigenvalue weighted by Gasteiger charge is 2.10. The van der Waals surface area contributed by atoms with Crippen LogP contribution in [0.3, 0.4) is 0 Å². The van der Waals surface area contributed by atoms with Crippen LogP contribution in [-0.2, 0) is 0 Å². The highest BCUT2D eigenvalue weighted by molar-refractivity contribution is 5.94. The zero-order valence-electron chi connectivity index (χ0n) is 13.9. The summed E-state index contributed by atoms with van der Waals surface area (Å²) in [5.74, 6) is -0.0664. The summed E-state index contributed by atoms with van der Waals surface area (Å²) in [6.45, 7) is 8.10. The van der Waals surface area contributed by atoms with E-state index in [4.69, 9.17) is 0 Å². The van der Waals surface area contributed by atoms with Crippen molar-refractivity contribution in [3.05, 3.63) is 59.4 Å². The number of rotatable bonds is 3.